The van der Waals surface area contributed by atoms with E-state index in [4.69, 9.17) is 9.73 Å². The number of hydrogen-bond acceptors (Lipinski definition) is 4. The van der Waals surface area contributed by atoms with Crippen molar-refractivity contribution in [3.63, 3.8) is 0 Å². The fourth-order valence-corrected chi connectivity index (χ4v) is 2.92. The number of likely N-dealkylation sites (N-methyl/N-ethyl adjacent to an activating group) is 1. The lowest BCUT2D eigenvalue weighted by Crippen LogP contribution is -2.51. The van der Waals surface area contributed by atoms with Crippen LogP contribution >= 0.6 is 24.0 Å². The van der Waals surface area contributed by atoms with E-state index in [0.717, 1.165) is 63.8 Å². The van der Waals surface area contributed by atoms with Gasteiger partial charge in [0.1, 0.15) is 0 Å². The zero-order valence-electron chi connectivity index (χ0n) is 15.6. The lowest BCUT2D eigenvalue weighted by molar-refractivity contribution is -0.00254. The average molecular weight is 461 g/mol. The SMILES string of the molecule is CCNC(=NCC1(N(C)C)CCOCC1)NCCc1ccccn1.I. The van der Waals surface area contributed by atoms with Gasteiger partial charge in [-0.2, -0.15) is 0 Å². The maximum Gasteiger partial charge on any atom is 0.191 e. The molecular formula is C18H32IN5O. The Morgan fingerprint density at radius 2 is 2.04 bits per heavy atom. The molecule has 2 N–H and O–H groups in total. The molecule has 0 saturated carbocycles. The molecule has 1 aromatic heterocycles. The van der Waals surface area contributed by atoms with Gasteiger partial charge in [0.2, 0.25) is 0 Å². The van der Waals surface area contributed by atoms with Gasteiger partial charge in [0.05, 0.1) is 6.54 Å². The molecule has 2 rings (SSSR count). The van der Waals surface area contributed by atoms with Crippen LogP contribution in [0.4, 0.5) is 0 Å². The maximum atomic E-state index is 5.53. The van der Waals surface area contributed by atoms with Gasteiger partial charge >= 0.3 is 0 Å². The van der Waals surface area contributed by atoms with Gasteiger partial charge in [-0.05, 0) is 46.0 Å². The van der Waals surface area contributed by atoms with Gasteiger partial charge in [0.25, 0.3) is 0 Å². The highest BCUT2D eigenvalue weighted by atomic mass is 127. The van der Waals surface area contributed by atoms with Crippen LogP contribution in [0, 0.1) is 0 Å². The van der Waals surface area contributed by atoms with E-state index in [9.17, 15) is 0 Å². The van der Waals surface area contributed by atoms with E-state index in [-0.39, 0.29) is 29.5 Å². The van der Waals surface area contributed by atoms with Gasteiger partial charge in [-0.15, -0.1) is 24.0 Å². The lowest BCUT2D eigenvalue weighted by Gasteiger charge is -2.41. The van der Waals surface area contributed by atoms with Gasteiger partial charge in [-0.3, -0.25) is 9.98 Å². The average Bonchev–Trinajstić information content (AvgIpc) is 2.61. The zero-order chi connectivity index (χ0) is 17.3. The number of hydrogen-bond donors (Lipinski definition) is 2. The number of ether oxygens (including phenoxy) is 1. The summed E-state index contributed by atoms with van der Waals surface area (Å²) >= 11 is 0. The van der Waals surface area contributed by atoms with Gasteiger partial charge in [0.15, 0.2) is 5.96 Å². The highest BCUT2D eigenvalue weighted by Crippen LogP contribution is 2.26. The minimum absolute atomic E-state index is 0. The monoisotopic (exact) mass is 461 g/mol. The summed E-state index contributed by atoms with van der Waals surface area (Å²) in [7, 11) is 4.28. The Labute approximate surface area is 168 Å². The molecule has 1 aromatic rings. The maximum absolute atomic E-state index is 5.53. The molecule has 142 valence electrons. The second-order valence-electron chi connectivity index (χ2n) is 6.42. The highest BCUT2D eigenvalue weighted by molar-refractivity contribution is 14.0. The predicted molar refractivity (Wildman–Crippen MR) is 114 cm³/mol. The third-order valence-corrected chi connectivity index (χ3v) is 4.65. The molecule has 1 aliphatic heterocycles. The number of aromatic nitrogens is 1. The normalized spacial score (nSPS) is 17.0. The second-order valence-corrected chi connectivity index (χ2v) is 6.42. The number of guanidine groups is 1. The first-order chi connectivity index (χ1) is 11.7. The number of rotatable bonds is 7. The molecule has 0 amide bonds. The van der Waals surface area contributed by atoms with Crippen LogP contribution in [0.5, 0.6) is 0 Å². The van der Waals surface area contributed by atoms with Crippen LogP contribution in [-0.2, 0) is 11.2 Å². The Balaban J connectivity index is 0.00000312. The third kappa shape index (κ3) is 7.07. The Morgan fingerprint density at radius 3 is 2.64 bits per heavy atom. The van der Waals surface area contributed by atoms with E-state index >= 15 is 0 Å². The first-order valence-electron chi connectivity index (χ1n) is 8.83. The molecule has 0 radical (unpaired) electrons. The van der Waals surface area contributed by atoms with Gasteiger partial charge in [-0.25, -0.2) is 0 Å². The van der Waals surface area contributed by atoms with Gasteiger partial charge in [0, 0.05) is 50.2 Å². The molecule has 0 unspecified atom stereocenters. The molecule has 0 atom stereocenters. The fraction of sp³-hybridized carbons (Fsp3) is 0.667. The molecule has 6 nitrogen and oxygen atoms in total. The standard InChI is InChI=1S/C18H31N5O.HI/c1-4-19-17(21-12-8-16-7-5-6-11-20-16)22-15-18(23(2)3)9-13-24-14-10-18;/h5-7,11H,4,8-10,12-15H2,1-3H3,(H2,19,21,22);1H. The van der Waals surface area contributed by atoms with Crippen LogP contribution in [0.2, 0.25) is 0 Å². The molecule has 1 aliphatic rings. The molecule has 25 heavy (non-hydrogen) atoms. The number of nitrogens with one attached hydrogen (secondary N) is 2. The Kier molecular flexibility index (Phi) is 10.3. The quantitative estimate of drug-likeness (QED) is 0.369. The number of pyridine rings is 1. The van der Waals surface area contributed by atoms with E-state index in [1.807, 2.05) is 18.3 Å². The third-order valence-electron chi connectivity index (χ3n) is 4.65. The zero-order valence-corrected chi connectivity index (χ0v) is 18.0. The summed E-state index contributed by atoms with van der Waals surface area (Å²) in [5, 5.41) is 6.75. The van der Waals surface area contributed by atoms with Crippen LogP contribution < -0.4 is 10.6 Å². The Morgan fingerprint density at radius 1 is 1.28 bits per heavy atom. The molecule has 7 heteroatoms. The topological polar surface area (TPSA) is 61.8 Å². The van der Waals surface area contributed by atoms with Crippen LogP contribution in [0.15, 0.2) is 29.4 Å². The first kappa shape index (κ1) is 22.1. The van der Waals surface area contributed by atoms with Crippen molar-refractivity contribution >= 4 is 29.9 Å². The van der Waals surface area contributed by atoms with Crippen molar-refractivity contribution in [1.82, 2.24) is 20.5 Å². The summed E-state index contributed by atoms with van der Waals surface area (Å²) in [6, 6.07) is 6.01. The van der Waals surface area contributed by atoms with Crippen molar-refractivity contribution in [2.75, 3.05) is 46.9 Å². The summed E-state index contributed by atoms with van der Waals surface area (Å²) in [4.78, 5) is 11.5. The van der Waals surface area contributed by atoms with Crippen molar-refractivity contribution in [3.8, 4) is 0 Å². The molecule has 0 bridgehead atoms. The molecule has 1 fully saturated rings. The largest absolute Gasteiger partial charge is 0.381 e. The summed E-state index contributed by atoms with van der Waals surface area (Å²) in [5.41, 5.74) is 1.19. The van der Waals surface area contributed by atoms with E-state index in [0.29, 0.717) is 0 Å². The van der Waals surface area contributed by atoms with Crippen molar-refractivity contribution in [2.24, 2.45) is 4.99 Å². The van der Waals surface area contributed by atoms with Crippen molar-refractivity contribution in [2.45, 2.75) is 31.7 Å². The number of halogens is 1. The predicted octanol–water partition coefficient (Wildman–Crippen LogP) is 1.91. The molecular weight excluding hydrogens is 429 g/mol. The summed E-state index contributed by atoms with van der Waals surface area (Å²) < 4.78 is 5.53. The molecule has 0 aromatic carbocycles. The lowest BCUT2D eigenvalue weighted by atomic mass is 9.89. The Hall–Kier alpha value is -0.930. The van der Waals surface area contributed by atoms with Crippen molar-refractivity contribution in [1.29, 1.82) is 0 Å². The van der Waals surface area contributed by atoms with Crippen molar-refractivity contribution in [3.05, 3.63) is 30.1 Å². The van der Waals surface area contributed by atoms with E-state index in [1.54, 1.807) is 0 Å². The minimum atomic E-state index is 0. The summed E-state index contributed by atoms with van der Waals surface area (Å²) in [5.74, 6) is 0.876. The fourth-order valence-electron chi connectivity index (χ4n) is 2.92. The smallest absolute Gasteiger partial charge is 0.191 e. The van der Waals surface area contributed by atoms with E-state index in [2.05, 4.69) is 47.6 Å². The van der Waals surface area contributed by atoms with Gasteiger partial charge in [-0.1, -0.05) is 6.07 Å². The second kappa shape index (κ2) is 11.6. The van der Waals surface area contributed by atoms with Crippen LogP contribution in [0.1, 0.15) is 25.5 Å². The molecule has 1 saturated heterocycles. The highest BCUT2D eigenvalue weighted by Gasteiger charge is 2.34. The summed E-state index contributed by atoms with van der Waals surface area (Å²) in [6.45, 7) is 6.18. The van der Waals surface area contributed by atoms with Crippen molar-refractivity contribution < 1.29 is 4.74 Å². The molecule has 0 aliphatic carbocycles. The molecule has 2 heterocycles. The van der Waals surface area contributed by atoms with E-state index in [1.165, 1.54) is 0 Å². The number of nitrogens with zero attached hydrogens (tertiary/aromatic N) is 3. The first-order valence-corrected chi connectivity index (χ1v) is 8.83. The van der Waals surface area contributed by atoms with Crippen LogP contribution in [-0.4, -0.2) is 68.3 Å². The van der Waals surface area contributed by atoms with Crippen LogP contribution in [0.3, 0.4) is 0 Å². The minimum Gasteiger partial charge on any atom is -0.381 e. The number of aliphatic imine (C=N–C) groups is 1. The Bertz CT molecular complexity index is 503. The van der Waals surface area contributed by atoms with E-state index < -0.39 is 0 Å². The van der Waals surface area contributed by atoms with Crippen LogP contribution in [0.25, 0.3) is 0 Å². The summed E-state index contributed by atoms with van der Waals surface area (Å²) in [6.07, 6.45) is 4.77. The van der Waals surface area contributed by atoms with Gasteiger partial charge < -0.3 is 20.3 Å². The molecule has 0 spiro atoms.